The van der Waals surface area contributed by atoms with E-state index in [1.54, 1.807) is 37.4 Å². The van der Waals surface area contributed by atoms with Gasteiger partial charge in [-0.15, -0.1) is 0 Å². The molecule has 0 radical (unpaired) electrons. The molecule has 0 spiro atoms. The third kappa shape index (κ3) is 6.19. The Kier molecular flexibility index (Phi) is 8.38. The number of amides is 2. The molecule has 0 saturated heterocycles. The molecule has 3 rings (SSSR count). The monoisotopic (exact) mass is 533 g/mol. The van der Waals surface area contributed by atoms with Gasteiger partial charge in [0.25, 0.3) is 11.8 Å². The van der Waals surface area contributed by atoms with Crippen molar-refractivity contribution in [2.45, 2.75) is 39.8 Å². The highest BCUT2D eigenvalue weighted by molar-refractivity contribution is 9.10. The third-order valence-corrected chi connectivity index (χ3v) is 5.45. The summed E-state index contributed by atoms with van der Waals surface area (Å²) in [6.07, 6.45) is 1.46. The van der Waals surface area contributed by atoms with Gasteiger partial charge in [0.15, 0.2) is 23.0 Å². The number of methoxy groups -OCH3 is 1. The van der Waals surface area contributed by atoms with Crippen LogP contribution in [0.15, 0.2) is 39.9 Å². The maximum Gasteiger partial charge on any atom is 0.262 e. The molecule has 2 N–H and O–H groups in total. The van der Waals surface area contributed by atoms with Crippen LogP contribution in [0.5, 0.6) is 23.0 Å². The lowest BCUT2D eigenvalue weighted by molar-refractivity contribution is -0.123. The summed E-state index contributed by atoms with van der Waals surface area (Å²) in [7, 11) is 1.55. The summed E-state index contributed by atoms with van der Waals surface area (Å²) < 4.78 is 22.5. The van der Waals surface area contributed by atoms with Crippen molar-refractivity contribution in [3.63, 3.8) is 0 Å². The van der Waals surface area contributed by atoms with Gasteiger partial charge in [0.05, 0.1) is 23.9 Å². The van der Waals surface area contributed by atoms with E-state index in [1.165, 1.54) is 6.21 Å². The number of hydrazone groups is 1. The summed E-state index contributed by atoms with van der Waals surface area (Å²) in [5.74, 6) is 1.19. The molecule has 2 aromatic carbocycles. The van der Waals surface area contributed by atoms with Crippen LogP contribution in [-0.4, -0.2) is 44.1 Å². The number of benzene rings is 2. The van der Waals surface area contributed by atoms with E-state index < -0.39 is 17.9 Å². The van der Waals surface area contributed by atoms with Crippen molar-refractivity contribution < 1.29 is 28.5 Å². The molecule has 1 atom stereocenters. The average molecular weight is 534 g/mol. The van der Waals surface area contributed by atoms with Gasteiger partial charge in [0.1, 0.15) is 6.04 Å². The molecule has 0 bridgehead atoms. The van der Waals surface area contributed by atoms with Crippen molar-refractivity contribution in [1.29, 1.82) is 0 Å². The molecule has 0 fully saturated rings. The van der Waals surface area contributed by atoms with Crippen molar-refractivity contribution in [3.05, 3.63) is 45.9 Å². The first-order valence-electron chi connectivity index (χ1n) is 10.8. The molecule has 0 aliphatic carbocycles. The molecule has 1 aliphatic heterocycles. The van der Waals surface area contributed by atoms with Crippen molar-refractivity contribution in [2.24, 2.45) is 11.0 Å². The Labute approximate surface area is 206 Å². The number of rotatable bonds is 9. The van der Waals surface area contributed by atoms with Crippen LogP contribution in [0.1, 0.15) is 43.6 Å². The average Bonchev–Trinajstić information content (AvgIpc) is 3.26. The van der Waals surface area contributed by atoms with E-state index in [2.05, 4.69) is 31.8 Å². The number of halogens is 1. The van der Waals surface area contributed by atoms with Crippen LogP contribution in [0.4, 0.5) is 0 Å². The van der Waals surface area contributed by atoms with Crippen LogP contribution in [0.2, 0.25) is 0 Å². The number of hydrogen-bond acceptors (Lipinski definition) is 7. The number of nitrogens with one attached hydrogen (secondary N) is 2. The first-order chi connectivity index (χ1) is 16.2. The Morgan fingerprint density at radius 2 is 1.85 bits per heavy atom. The second-order valence-corrected chi connectivity index (χ2v) is 9.05. The summed E-state index contributed by atoms with van der Waals surface area (Å²) in [6, 6.07) is 7.63. The zero-order valence-electron chi connectivity index (χ0n) is 19.7. The molecule has 9 nitrogen and oxygen atoms in total. The highest BCUT2D eigenvalue weighted by Crippen LogP contribution is 2.37. The van der Waals surface area contributed by atoms with E-state index >= 15 is 0 Å². The molecule has 1 unspecified atom stereocenters. The molecule has 10 heteroatoms. The summed E-state index contributed by atoms with van der Waals surface area (Å²) >= 11 is 3.48. The lowest BCUT2D eigenvalue weighted by Crippen LogP contribution is -2.48. The first-order valence-corrected chi connectivity index (χ1v) is 11.6. The van der Waals surface area contributed by atoms with Gasteiger partial charge in [-0.2, -0.15) is 5.10 Å². The zero-order valence-corrected chi connectivity index (χ0v) is 21.3. The topological polar surface area (TPSA) is 107 Å². The van der Waals surface area contributed by atoms with Crippen LogP contribution in [0.25, 0.3) is 0 Å². The van der Waals surface area contributed by atoms with Crippen LogP contribution < -0.4 is 29.7 Å². The molecule has 2 amide bonds. The Bertz CT molecular complexity index is 1090. The molecular weight excluding hydrogens is 506 g/mol. The molecule has 0 aromatic heterocycles. The fourth-order valence-corrected chi connectivity index (χ4v) is 3.75. The van der Waals surface area contributed by atoms with Gasteiger partial charge in [-0.1, -0.05) is 13.8 Å². The van der Waals surface area contributed by atoms with Crippen LogP contribution in [0, 0.1) is 5.92 Å². The lowest BCUT2D eigenvalue weighted by atomic mass is 10.0. The number of hydrogen-bond donors (Lipinski definition) is 2. The second-order valence-electron chi connectivity index (χ2n) is 8.20. The minimum absolute atomic E-state index is 0.0233. The molecule has 182 valence electrons. The van der Waals surface area contributed by atoms with E-state index in [0.29, 0.717) is 38.6 Å². The van der Waals surface area contributed by atoms with Crippen LogP contribution >= 0.6 is 15.9 Å². The van der Waals surface area contributed by atoms with Crippen LogP contribution in [0.3, 0.4) is 0 Å². The quantitative estimate of drug-likeness (QED) is 0.374. The van der Waals surface area contributed by atoms with Gasteiger partial charge in [-0.3, -0.25) is 9.59 Å². The zero-order chi connectivity index (χ0) is 24.8. The Morgan fingerprint density at radius 3 is 2.53 bits per heavy atom. The number of ether oxygens (including phenoxy) is 4. The van der Waals surface area contributed by atoms with E-state index in [-0.39, 0.29) is 18.8 Å². The number of carbonyl (C=O) groups is 2. The Balaban J connectivity index is 1.66. The third-order valence-electron chi connectivity index (χ3n) is 4.86. The van der Waals surface area contributed by atoms with Crippen molar-refractivity contribution in [1.82, 2.24) is 10.7 Å². The lowest BCUT2D eigenvalue weighted by Gasteiger charge is -2.20. The summed E-state index contributed by atoms with van der Waals surface area (Å²) in [6.45, 7) is 7.64. The highest BCUT2D eigenvalue weighted by Gasteiger charge is 2.25. The van der Waals surface area contributed by atoms with Crippen molar-refractivity contribution in [3.8, 4) is 23.0 Å². The SMILES string of the molecule is COc1cc(C=NNC(=O)C(NC(=O)c2ccc3c(c2)OCO3)C(C)C)cc(Br)c1OC(C)C. The van der Waals surface area contributed by atoms with Gasteiger partial charge in [-0.25, -0.2) is 5.43 Å². The van der Waals surface area contributed by atoms with Gasteiger partial charge >= 0.3 is 0 Å². The minimum Gasteiger partial charge on any atom is -0.493 e. The molecule has 2 aromatic rings. The van der Waals surface area contributed by atoms with Gasteiger partial charge in [0, 0.05) is 5.56 Å². The molecule has 34 heavy (non-hydrogen) atoms. The minimum atomic E-state index is -0.793. The summed E-state index contributed by atoms with van der Waals surface area (Å²) in [5.41, 5.74) is 3.55. The van der Waals surface area contributed by atoms with Crippen molar-refractivity contribution >= 4 is 34.0 Å². The maximum absolute atomic E-state index is 12.8. The predicted octanol–water partition coefficient (Wildman–Crippen LogP) is 3.88. The van der Waals surface area contributed by atoms with E-state index in [0.717, 1.165) is 0 Å². The number of nitrogens with zero attached hydrogens (tertiary/aromatic N) is 1. The summed E-state index contributed by atoms with van der Waals surface area (Å²) in [5, 5.41) is 6.81. The number of fused-ring (bicyclic) bond motifs is 1. The van der Waals surface area contributed by atoms with Crippen LogP contribution in [-0.2, 0) is 4.79 Å². The van der Waals surface area contributed by atoms with E-state index in [4.69, 9.17) is 18.9 Å². The molecule has 1 aliphatic rings. The summed E-state index contributed by atoms with van der Waals surface area (Å²) in [4.78, 5) is 25.5. The highest BCUT2D eigenvalue weighted by atomic mass is 79.9. The largest absolute Gasteiger partial charge is 0.493 e. The van der Waals surface area contributed by atoms with Crippen molar-refractivity contribution in [2.75, 3.05) is 13.9 Å². The van der Waals surface area contributed by atoms with Gasteiger partial charge < -0.3 is 24.3 Å². The fraction of sp³-hybridized carbons (Fsp3) is 0.375. The fourth-order valence-electron chi connectivity index (χ4n) is 3.20. The van der Waals surface area contributed by atoms with E-state index in [1.807, 2.05) is 27.7 Å². The first kappa shape index (κ1) is 25.4. The number of carbonyl (C=O) groups excluding carboxylic acids is 2. The van der Waals surface area contributed by atoms with E-state index in [9.17, 15) is 9.59 Å². The van der Waals surface area contributed by atoms with Gasteiger partial charge in [-0.05, 0) is 71.6 Å². The molecular formula is C24H28BrN3O6. The Morgan fingerprint density at radius 1 is 1.12 bits per heavy atom. The maximum atomic E-state index is 12.8. The normalized spacial score (nSPS) is 13.3. The Hall–Kier alpha value is -3.27. The standard InChI is InChI=1S/C24H28BrN3O6/c1-13(2)21(27-23(29)16-6-7-18-19(10-16)33-12-32-18)24(30)28-26-11-15-8-17(25)22(34-14(3)4)20(9-15)31-5/h6-11,13-14,21H,12H2,1-5H3,(H,27,29)(H,28,30). The second kappa shape index (κ2) is 11.2. The molecule has 0 saturated carbocycles. The van der Waals surface area contributed by atoms with Gasteiger partial charge in [0.2, 0.25) is 6.79 Å². The molecule has 1 heterocycles. The smallest absolute Gasteiger partial charge is 0.262 e. The predicted molar refractivity (Wildman–Crippen MR) is 131 cm³/mol.